The molecule has 34 heavy (non-hydrogen) atoms. The molecule has 0 atom stereocenters. The summed E-state index contributed by atoms with van der Waals surface area (Å²) >= 11 is 0. The first-order valence-electron chi connectivity index (χ1n) is 11.9. The van der Waals surface area contributed by atoms with Crippen LogP contribution in [-0.2, 0) is 23.2 Å². The van der Waals surface area contributed by atoms with Gasteiger partial charge in [-0.3, -0.25) is 24.3 Å². The van der Waals surface area contributed by atoms with Crippen molar-refractivity contribution in [3.63, 3.8) is 0 Å². The SMILES string of the molecule is CN1CCCN(Cc2cc(S(=O)(=O)O)ccn2)CCN(C)CCCN(Cc2ccccn2)CC1. The Morgan fingerprint density at radius 2 is 1.35 bits per heavy atom. The number of likely N-dealkylation sites (N-methyl/N-ethyl adjacent to an activating group) is 2. The second-order valence-electron chi connectivity index (χ2n) is 9.14. The fourth-order valence-electron chi connectivity index (χ4n) is 4.17. The van der Waals surface area contributed by atoms with E-state index in [2.05, 4.69) is 49.7 Å². The van der Waals surface area contributed by atoms with E-state index >= 15 is 0 Å². The highest BCUT2D eigenvalue weighted by atomic mass is 32.2. The average Bonchev–Trinajstić information content (AvgIpc) is 2.80. The molecule has 0 amide bonds. The molecule has 3 heterocycles. The molecule has 0 spiro atoms. The van der Waals surface area contributed by atoms with Gasteiger partial charge in [0.2, 0.25) is 0 Å². The number of aromatic nitrogens is 2. The zero-order chi connectivity index (χ0) is 24.4. The molecule has 2 aromatic rings. The first-order chi connectivity index (χ1) is 16.3. The Labute approximate surface area is 204 Å². The molecule has 1 saturated heterocycles. The molecule has 0 saturated carbocycles. The molecule has 0 aliphatic carbocycles. The van der Waals surface area contributed by atoms with E-state index in [1.165, 1.54) is 18.3 Å². The largest absolute Gasteiger partial charge is 0.305 e. The maximum Gasteiger partial charge on any atom is 0.294 e. The summed E-state index contributed by atoms with van der Waals surface area (Å²) in [6, 6.07) is 8.89. The summed E-state index contributed by atoms with van der Waals surface area (Å²) < 4.78 is 32.3. The van der Waals surface area contributed by atoms with Gasteiger partial charge >= 0.3 is 0 Å². The van der Waals surface area contributed by atoms with Gasteiger partial charge in [0.1, 0.15) is 0 Å². The number of rotatable bonds is 5. The predicted octanol–water partition coefficient (Wildman–Crippen LogP) is 1.68. The Bertz CT molecular complexity index is 976. The molecule has 1 fully saturated rings. The van der Waals surface area contributed by atoms with Crippen molar-refractivity contribution in [1.29, 1.82) is 0 Å². The van der Waals surface area contributed by atoms with E-state index in [4.69, 9.17) is 0 Å². The van der Waals surface area contributed by atoms with Gasteiger partial charge in [0.15, 0.2) is 0 Å². The van der Waals surface area contributed by atoms with Crippen molar-refractivity contribution >= 4 is 10.1 Å². The lowest BCUT2D eigenvalue weighted by Crippen LogP contribution is -2.39. The van der Waals surface area contributed by atoms with Gasteiger partial charge in [-0.15, -0.1) is 0 Å². The fraction of sp³-hybridized carbons (Fsp3) is 0.583. The third-order valence-electron chi connectivity index (χ3n) is 6.21. The second kappa shape index (κ2) is 13.2. The summed E-state index contributed by atoms with van der Waals surface area (Å²) in [4.78, 5) is 18.3. The standard InChI is InChI=1S/C24H38N6O3S/c1-27-12-6-14-30(21-23-19-24(8-10-26-23)34(31,32)33)18-16-28(2)11-5-13-29(17-15-27)20-22-7-3-4-9-25-22/h3-4,7-10,19H,5-6,11-18,20-21H2,1-2H3,(H,31,32,33). The summed E-state index contributed by atoms with van der Waals surface area (Å²) in [6.45, 7) is 9.16. The van der Waals surface area contributed by atoms with E-state index in [1.54, 1.807) is 0 Å². The smallest absolute Gasteiger partial charge is 0.294 e. The molecule has 0 radical (unpaired) electrons. The van der Waals surface area contributed by atoms with Crippen molar-refractivity contribution in [2.24, 2.45) is 0 Å². The van der Waals surface area contributed by atoms with E-state index in [-0.39, 0.29) is 4.90 Å². The Morgan fingerprint density at radius 3 is 1.91 bits per heavy atom. The van der Waals surface area contributed by atoms with Crippen molar-refractivity contribution in [3.05, 3.63) is 54.1 Å². The molecule has 0 bridgehead atoms. The second-order valence-corrected chi connectivity index (χ2v) is 10.6. The van der Waals surface area contributed by atoms with Crippen LogP contribution in [-0.4, -0.2) is 109 Å². The van der Waals surface area contributed by atoms with Crippen LogP contribution in [0.5, 0.6) is 0 Å². The molecule has 10 heteroatoms. The van der Waals surface area contributed by atoms with Crippen molar-refractivity contribution in [3.8, 4) is 0 Å². The Morgan fingerprint density at radius 1 is 0.765 bits per heavy atom. The number of hydrogen-bond donors (Lipinski definition) is 1. The molecule has 188 valence electrons. The van der Waals surface area contributed by atoms with E-state index in [0.717, 1.165) is 77.4 Å². The van der Waals surface area contributed by atoms with Crippen LogP contribution in [0, 0.1) is 0 Å². The minimum absolute atomic E-state index is 0.105. The van der Waals surface area contributed by atoms with Gasteiger partial charge in [0.25, 0.3) is 10.1 Å². The highest BCUT2D eigenvalue weighted by molar-refractivity contribution is 7.85. The van der Waals surface area contributed by atoms with Crippen molar-refractivity contribution in [2.45, 2.75) is 30.8 Å². The van der Waals surface area contributed by atoms with Crippen LogP contribution >= 0.6 is 0 Å². The van der Waals surface area contributed by atoms with E-state index < -0.39 is 10.1 Å². The molecule has 1 aliphatic rings. The van der Waals surface area contributed by atoms with Crippen LogP contribution in [0.15, 0.2) is 47.6 Å². The molecule has 2 aromatic heterocycles. The Hall–Kier alpha value is -1.95. The van der Waals surface area contributed by atoms with Gasteiger partial charge in [0.05, 0.1) is 16.3 Å². The van der Waals surface area contributed by atoms with E-state index in [9.17, 15) is 13.0 Å². The van der Waals surface area contributed by atoms with E-state index in [1.807, 2.05) is 18.3 Å². The molecule has 1 aliphatic heterocycles. The lowest BCUT2D eigenvalue weighted by molar-refractivity contribution is 0.172. The highest BCUT2D eigenvalue weighted by Gasteiger charge is 2.15. The Kier molecular flexibility index (Phi) is 10.4. The molecule has 0 unspecified atom stereocenters. The van der Waals surface area contributed by atoms with Gasteiger partial charge in [-0.2, -0.15) is 8.42 Å². The first kappa shape index (κ1) is 26.7. The summed E-state index contributed by atoms with van der Waals surface area (Å²) in [5, 5.41) is 0. The molecule has 9 nitrogen and oxygen atoms in total. The number of hydrogen-bond acceptors (Lipinski definition) is 8. The Balaban J connectivity index is 1.59. The number of pyridine rings is 2. The van der Waals surface area contributed by atoms with Gasteiger partial charge in [-0.05, 0) is 77.4 Å². The third-order valence-corrected chi connectivity index (χ3v) is 7.06. The van der Waals surface area contributed by atoms with Gasteiger partial charge < -0.3 is 9.80 Å². The minimum atomic E-state index is -4.23. The first-order valence-corrected chi connectivity index (χ1v) is 13.4. The van der Waals surface area contributed by atoms with Crippen LogP contribution in [0.4, 0.5) is 0 Å². The minimum Gasteiger partial charge on any atom is -0.305 e. The monoisotopic (exact) mass is 490 g/mol. The summed E-state index contributed by atoms with van der Waals surface area (Å²) in [7, 11) is 0.0895. The summed E-state index contributed by atoms with van der Waals surface area (Å²) in [6.07, 6.45) is 5.41. The molecule has 0 aromatic carbocycles. The summed E-state index contributed by atoms with van der Waals surface area (Å²) in [5.41, 5.74) is 1.76. The van der Waals surface area contributed by atoms with Gasteiger partial charge in [-0.25, -0.2) is 0 Å². The molecular weight excluding hydrogens is 452 g/mol. The normalized spacial score (nSPS) is 19.6. The molecular formula is C24H38N6O3S. The highest BCUT2D eigenvalue weighted by Crippen LogP contribution is 2.12. The van der Waals surface area contributed by atoms with Crippen LogP contribution in [0.3, 0.4) is 0 Å². The van der Waals surface area contributed by atoms with E-state index in [0.29, 0.717) is 12.2 Å². The number of nitrogens with zero attached hydrogens (tertiary/aromatic N) is 6. The van der Waals surface area contributed by atoms with Crippen LogP contribution in [0.2, 0.25) is 0 Å². The van der Waals surface area contributed by atoms with Crippen LogP contribution < -0.4 is 0 Å². The maximum atomic E-state index is 11.5. The van der Waals surface area contributed by atoms with Gasteiger partial charge in [-0.1, -0.05) is 6.07 Å². The lowest BCUT2D eigenvalue weighted by atomic mass is 10.2. The summed E-state index contributed by atoms with van der Waals surface area (Å²) in [5.74, 6) is 0. The fourth-order valence-corrected chi connectivity index (χ4v) is 4.69. The zero-order valence-corrected chi connectivity index (χ0v) is 21.2. The average molecular weight is 491 g/mol. The predicted molar refractivity (Wildman–Crippen MR) is 133 cm³/mol. The lowest BCUT2D eigenvalue weighted by Gasteiger charge is -2.29. The quantitative estimate of drug-likeness (QED) is 0.629. The van der Waals surface area contributed by atoms with Crippen molar-refractivity contribution < 1.29 is 13.0 Å². The maximum absolute atomic E-state index is 11.5. The van der Waals surface area contributed by atoms with Gasteiger partial charge in [0, 0.05) is 51.7 Å². The molecule has 3 rings (SSSR count). The molecule has 1 N–H and O–H groups in total. The van der Waals surface area contributed by atoms with Crippen LogP contribution in [0.1, 0.15) is 24.2 Å². The van der Waals surface area contributed by atoms with Crippen LogP contribution in [0.25, 0.3) is 0 Å². The van der Waals surface area contributed by atoms with Crippen molar-refractivity contribution in [1.82, 2.24) is 29.6 Å². The topological polar surface area (TPSA) is 93.1 Å². The third kappa shape index (κ3) is 9.36. The zero-order valence-electron chi connectivity index (χ0n) is 20.4. The van der Waals surface area contributed by atoms with Crippen molar-refractivity contribution in [2.75, 3.05) is 66.5 Å².